The highest BCUT2D eigenvalue weighted by molar-refractivity contribution is 7.89. The van der Waals surface area contributed by atoms with Gasteiger partial charge in [0.2, 0.25) is 10.0 Å². The van der Waals surface area contributed by atoms with Crippen molar-refractivity contribution in [3.05, 3.63) is 58.9 Å². The average Bonchev–Trinajstić information content (AvgIpc) is 2.58. The molecule has 1 fully saturated rings. The Morgan fingerprint density at radius 2 is 2.08 bits per heavy atom. The maximum Gasteiger partial charge on any atom is 0.245 e. The minimum Gasteiger partial charge on any atom is -0.313 e. The molecule has 5 nitrogen and oxygen atoms in total. The molecular formula is C16H19Cl2N3O2S. The minimum absolute atomic E-state index is 0. The van der Waals surface area contributed by atoms with E-state index in [-0.39, 0.29) is 28.4 Å². The third-order valence-corrected chi connectivity index (χ3v) is 6.57. The molecule has 24 heavy (non-hydrogen) atoms. The van der Waals surface area contributed by atoms with Crippen LogP contribution in [0.3, 0.4) is 0 Å². The summed E-state index contributed by atoms with van der Waals surface area (Å²) < 4.78 is 27.8. The number of nitrogens with one attached hydrogen (secondary N) is 1. The molecule has 0 spiro atoms. The predicted molar refractivity (Wildman–Crippen MR) is 97.2 cm³/mol. The van der Waals surface area contributed by atoms with Crippen molar-refractivity contribution >= 4 is 34.0 Å². The molecule has 8 heteroatoms. The number of pyridine rings is 1. The molecule has 1 aromatic carbocycles. The van der Waals surface area contributed by atoms with Crippen LogP contribution in [-0.4, -0.2) is 37.3 Å². The van der Waals surface area contributed by atoms with E-state index in [4.69, 9.17) is 11.6 Å². The number of nitrogens with zero attached hydrogens (tertiary/aromatic N) is 2. The Hall–Kier alpha value is -1.18. The predicted octanol–water partition coefficient (Wildman–Crippen LogP) is 2.80. The number of aryl methyl sites for hydroxylation is 1. The van der Waals surface area contributed by atoms with Crippen molar-refractivity contribution in [2.24, 2.45) is 0 Å². The van der Waals surface area contributed by atoms with E-state index >= 15 is 0 Å². The molecule has 2 aromatic rings. The fraction of sp³-hybridized carbons (Fsp3) is 0.312. The van der Waals surface area contributed by atoms with Crippen LogP contribution in [0.15, 0.2) is 47.6 Å². The van der Waals surface area contributed by atoms with Gasteiger partial charge in [-0.2, -0.15) is 4.31 Å². The van der Waals surface area contributed by atoms with Crippen LogP contribution in [0.5, 0.6) is 0 Å². The van der Waals surface area contributed by atoms with Crippen LogP contribution in [0.1, 0.15) is 17.2 Å². The van der Waals surface area contributed by atoms with Gasteiger partial charge in [-0.15, -0.1) is 12.4 Å². The number of aromatic nitrogens is 1. The Labute approximate surface area is 153 Å². The molecule has 1 aliphatic heterocycles. The summed E-state index contributed by atoms with van der Waals surface area (Å²) in [5.41, 5.74) is 1.62. The molecule has 1 saturated heterocycles. The zero-order valence-corrected chi connectivity index (χ0v) is 15.5. The van der Waals surface area contributed by atoms with Crippen LogP contribution in [0.4, 0.5) is 0 Å². The zero-order valence-electron chi connectivity index (χ0n) is 13.1. The molecule has 0 amide bonds. The maximum absolute atomic E-state index is 13.1. The third-order valence-electron chi connectivity index (χ3n) is 4.01. The third kappa shape index (κ3) is 3.58. The standard InChI is InChI=1S/C16H18ClN3O2S.ClH/c1-12-4-2-6-15(16(12)17)23(21,22)20-9-8-19-11-14(20)13-5-3-7-18-10-13;/h2-7,10,14,19H,8-9,11H2,1H3;1H. The molecule has 1 atom stereocenters. The first kappa shape index (κ1) is 19.1. The molecule has 2 heterocycles. The Morgan fingerprint density at radius 3 is 2.79 bits per heavy atom. The van der Waals surface area contributed by atoms with Crippen LogP contribution in [0.2, 0.25) is 5.02 Å². The molecule has 1 N–H and O–H groups in total. The summed E-state index contributed by atoms with van der Waals surface area (Å²) in [6, 6.07) is 8.50. The number of rotatable bonds is 3. The van der Waals surface area contributed by atoms with E-state index in [1.54, 1.807) is 37.5 Å². The van der Waals surface area contributed by atoms with E-state index in [0.29, 0.717) is 19.6 Å². The van der Waals surface area contributed by atoms with Crippen LogP contribution in [-0.2, 0) is 10.0 Å². The summed E-state index contributed by atoms with van der Waals surface area (Å²) in [7, 11) is -3.68. The first-order valence-corrected chi connectivity index (χ1v) is 9.21. The lowest BCUT2D eigenvalue weighted by molar-refractivity contribution is 0.271. The topological polar surface area (TPSA) is 62.3 Å². The van der Waals surface area contributed by atoms with Gasteiger partial charge < -0.3 is 5.32 Å². The number of hydrogen-bond donors (Lipinski definition) is 1. The molecule has 0 saturated carbocycles. The molecule has 130 valence electrons. The van der Waals surface area contributed by atoms with Gasteiger partial charge in [0.25, 0.3) is 0 Å². The van der Waals surface area contributed by atoms with E-state index in [1.807, 2.05) is 12.1 Å². The minimum atomic E-state index is -3.68. The highest BCUT2D eigenvalue weighted by atomic mass is 35.5. The van der Waals surface area contributed by atoms with Crippen LogP contribution >= 0.6 is 24.0 Å². The summed E-state index contributed by atoms with van der Waals surface area (Å²) in [4.78, 5) is 4.27. The SMILES string of the molecule is Cc1cccc(S(=O)(=O)N2CCNCC2c2cccnc2)c1Cl.Cl. The van der Waals surface area contributed by atoms with Gasteiger partial charge in [0.1, 0.15) is 4.90 Å². The number of halogens is 2. The Kier molecular flexibility index (Phi) is 6.22. The van der Waals surface area contributed by atoms with Crippen molar-refractivity contribution in [1.29, 1.82) is 0 Å². The Morgan fingerprint density at radius 1 is 1.29 bits per heavy atom. The van der Waals surface area contributed by atoms with Gasteiger partial charge in [0.15, 0.2) is 0 Å². The zero-order chi connectivity index (χ0) is 16.4. The van der Waals surface area contributed by atoms with E-state index in [9.17, 15) is 8.42 Å². The summed E-state index contributed by atoms with van der Waals surface area (Å²) in [6.45, 7) is 3.36. The monoisotopic (exact) mass is 387 g/mol. The van der Waals surface area contributed by atoms with E-state index in [1.165, 1.54) is 4.31 Å². The van der Waals surface area contributed by atoms with Crippen molar-refractivity contribution < 1.29 is 8.42 Å². The van der Waals surface area contributed by atoms with Crippen LogP contribution < -0.4 is 5.32 Å². The first-order chi connectivity index (χ1) is 11.0. The highest BCUT2D eigenvalue weighted by Crippen LogP contribution is 2.32. The number of benzene rings is 1. The second kappa shape index (κ2) is 7.80. The second-order valence-electron chi connectivity index (χ2n) is 5.51. The molecular weight excluding hydrogens is 369 g/mol. The van der Waals surface area contributed by atoms with Crippen molar-refractivity contribution in [2.45, 2.75) is 17.9 Å². The average molecular weight is 388 g/mol. The van der Waals surface area contributed by atoms with Gasteiger partial charge in [-0.3, -0.25) is 4.98 Å². The van der Waals surface area contributed by atoms with E-state index in [0.717, 1.165) is 11.1 Å². The highest BCUT2D eigenvalue weighted by Gasteiger charge is 2.35. The number of piperazine rings is 1. The molecule has 0 bridgehead atoms. The second-order valence-corrected chi connectivity index (χ2v) is 7.75. The van der Waals surface area contributed by atoms with Crippen LogP contribution in [0, 0.1) is 6.92 Å². The quantitative estimate of drug-likeness (QED) is 0.879. The van der Waals surface area contributed by atoms with Gasteiger partial charge in [0.05, 0.1) is 11.1 Å². The Balaban J connectivity index is 0.00000208. The molecule has 0 aliphatic carbocycles. The fourth-order valence-corrected chi connectivity index (χ4v) is 4.95. The summed E-state index contributed by atoms with van der Waals surface area (Å²) in [5.74, 6) is 0. The van der Waals surface area contributed by atoms with Crippen LogP contribution in [0.25, 0.3) is 0 Å². The maximum atomic E-state index is 13.1. The fourth-order valence-electron chi connectivity index (χ4n) is 2.78. The lowest BCUT2D eigenvalue weighted by Crippen LogP contribution is -2.48. The summed E-state index contributed by atoms with van der Waals surface area (Å²) >= 11 is 6.26. The molecule has 3 rings (SSSR count). The lowest BCUT2D eigenvalue weighted by atomic mass is 10.1. The summed E-state index contributed by atoms with van der Waals surface area (Å²) in [5, 5.41) is 3.53. The van der Waals surface area contributed by atoms with Crippen molar-refractivity contribution in [3.63, 3.8) is 0 Å². The number of hydrogen-bond acceptors (Lipinski definition) is 4. The van der Waals surface area contributed by atoms with Gasteiger partial charge in [-0.25, -0.2) is 8.42 Å². The molecule has 1 aromatic heterocycles. The number of sulfonamides is 1. The van der Waals surface area contributed by atoms with E-state index < -0.39 is 10.0 Å². The normalized spacial score (nSPS) is 18.8. The van der Waals surface area contributed by atoms with Gasteiger partial charge >= 0.3 is 0 Å². The van der Waals surface area contributed by atoms with Crippen molar-refractivity contribution in [2.75, 3.05) is 19.6 Å². The first-order valence-electron chi connectivity index (χ1n) is 7.39. The van der Waals surface area contributed by atoms with Gasteiger partial charge in [0, 0.05) is 32.0 Å². The van der Waals surface area contributed by atoms with Crippen molar-refractivity contribution in [1.82, 2.24) is 14.6 Å². The largest absolute Gasteiger partial charge is 0.313 e. The Bertz CT molecular complexity index is 800. The summed E-state index contributed by atoms with van der Waals surface area (Å²) in [6.07, 6.45) is 3.38. The molecule has 0 radical (unpaired) electrons. The van der Waals surface area contributed by atoms with Gasteiger partial charge in [-0.1, -0.05) is 29.8 Å². The van der Waals surface area contributed by atoms with Crippen molar-refractivity contribution in [3.8, 4) is 0 Å². The smallest absolute Gasteiger partial charge is 0.245 e. The van der Waals surface area contributed by atoms with E-state index in [2.05, 4.69) is 10.3 Å². The lowest BCUT2D eigenvalue weighted by Gasteiger charge is -2.35. The molecule has 1 unspecified atom stereocenters. The van der Waals surface area contributed by atoms with Gasteiger partial charge in [-0.05, 0) is 30.2 Å². The molecule has 1 aliphatic rings.